The van der Waals surface area contributed by atoms with E-state index in [-0.39, 0.29) is 42.6 Å². The Hall–Kier alpha value is -3.76. The number of carbonyl (C=O) groups is 1. The Bertz CT molecular complexity index is 1530. The Labute approximate surface area is 221 Å². The van der Waals surface area contributed by atoms with E-state index < -0.39 is 16.0 Å². The highest BCUT2D eigenvalue weighted by Gasteiger charge is 2.42. The molecule has 5 rings (SSSR count). The minimum atomic E-state index is -3.88. The lowest BCUT2D eigenvalue weighted by atomic mass is 9.95. The number of hydrogen-bond acceptors (Lipinski definition) is 6. The number of fused-ring (bicyclic) bond motifs is 1. The molecule has 1 aliphatic heterocycles. The second-order valence-corrected chi connectivity index (χ2v) is 11.7. The van der Waals surface area contributed by atoms with Gasteiger partial charge in [0.2, 0.25) is 0 Å². The van der Waals surface area contributed by atoms with Gasteiger partial charge in [-0.1, -0.05) is 48.5 Å². The normalized spacial score (nSPS) is 18.3. The number of aromatic nitrogens is 3. The molecule has 0 aliphatic carbocycles. The monoisotopic (exact) mass is 534 g/mol. The lowest BCUT2D eigenvalue weighted by molar-refractivity contribution is -0.136. The predicted octanol–water partition coefficient (Wildman–Crippen LogP) is 3.95. The minimum absolute atomic E-state index is 0.0374. The molecule has 1 saturated heterocycles. The van der Waals surface area contributed by atoms with Gasteiger partial charge in [0, 0.05) is 24.4 Å². The molecule has 0 unspecified atom stereocenters. The first-order chi connectivity index (χ1) is 18.2. The zero-order valence-electron chi connectivity index (χ0n) is 21.3. The SMILES string of the molecule is CC(C)Oc1ccc(S(=O)(=O)N2C[C@@H](Cc3ccccc3)[C@@H](n3nc(CC(=O)O)c4ccccc43)C2)nc1. The van der Waals surface area contributed by atoms with Crippen LogP contribution in [0.1, 0.15) is 31.1 Å². The quantitative estimate of drug-likeness (QED) is 0.346. The summed E-state index contributed by atoms with van der Waals surface area (Å²) in [6, 6.07) is 20.2. The van der Waals surface area contributed by atoms with Crippen LogP contribution >= 0.6 is 0 Å². The maximum atomic E-state index is 13.7. The summed E-state index contributed by atoms with van der Waals surface area (Å²) < 4.78 is 36.2. The number of carboxylic acid groups (broad SMARTS) is 1. The average Bonchev–Trinajstić information content (AvgIpc) is 3.46. The molecule has 1 N–H and O–H groups in total. The van der Waals surface area contributed by atoms with Crippen LogP contribution in [0.3, 0.4) is 0 Å². The van der Waals surface area contributed by atoms with Crippen molar-refractivity contribution in [3.05, 3.63) is 84.2 Å². The van der Waals surface area contributed by atoms with Crippen LogP contribution in [-0.2, 0) is 27.7 Å². The van der Waals surface area contributed by atoms with E-state index in [1.807, 2.05) is 73.1 Å². The first kappa shape index (κ1) is 25.9. The molecular formula is C28H30N4O5S. The van der Waals surface area contributed by atoms with Crippen molar-refractivity contribution in [2.75, 3.05) is 13.1 Å². The maximum Gasteiger partial charge on any atom is 0.309 e. The summed E-state index contributed by atoms with van der Waals surface area (Å²) in [5.74, 6) is -0.543. The average molecular weight is 535 g/mol. The van der Waals surface area contributed by atoms with Crippen molar-refractivity contribution < 1.29 is 23.1 Å². The zero-order chi connectivity index (χ0) is 26.9. The molecule has 1 fully saturated rings. The first-order valence-corrected chi connectivity index (χ1v) is 14.0. The van der Waals surface area contributed by atoms with Crippen LogP contribution in [0.4, 0.5) is 0 Å². The molecule has 2 aromatic heterocycles. The van der Waals surface area contributed by atoms with E-state index in [9.17, 15) is 18.3 Å². The van der Waals surface area contributed by atoms with Gasteiger partial charge in [-0.15, -0.1) is 0 Å². The predicted molar refractivity (Wildman–Crippen MR) is 143 cm³/mol. The highest BCUT2D eigenvalue weighted by atomic mass is 32.2. The summed E-state index contributed by atoms with van der Waals surface area (Å²) >= 11 is 0. The topological polar surface area (TPSA) is 115 Å². The third-order valence-electron chi connectivity index (χ3n) is 6.72. The van der Waals surface area contributed by atoms with Crippen LogP contribution in [0.25, 0.3) is 10.9 Å². The summed E-state index contributed by atoms with van der Waals surface area (Å²) in [5.41, 5.74) is 2.35. The van der Waals surface area contributed by atoms with Crippen molar-refractivity contribution in [3.8, 4) is 5.75 Å². The van der Waals surface area contributed by atoms with Gasteiger partial charge in [0.25, 0.3) is 10.0 Å². The molecule has 38 heavy (non-hydrogen) atoms. The van der Waals surface area contributed by atoms with Crippen LogP contribution < -0.4 is 4.74 Å². The largest absolute Gasteiger partial charge is 0.489 e. The van der Waals surface area contributed by atoms with E-state index in [1.165, 1.54) is 16.6 Å². The van der Waals surface area contributed by atoms with Crippen molar-refractivity contribution in [2.24, 2.45) is 5.92 Å². The van der Waals surface area contributed by atoms with E-state index in [0.717, 1.165) is 16.5 Å². The van der Waals surface area contributed by atoms with Gasteiger partial charge in [-0.05, 0) is 44.0 Å². The number of aliphatic carboxylic acids is 1. The second-order valence-electron chi connectivity index (χ2n) is 9.82. The molecule has 0 radical (unpaired) electrons. The van der Waals surface area contributed by atoms with Crippen LogP contribution in [-0.4, -0.2) is 57.8 Å². The number of hydrogen-bond donors (Lipinski definition) is 1. The fourth-order valence-electron chi connectivity index (χ4n) is 5.08. The molecule has 198 valence electrons. The van der Waals surface area contributed by atoms with Gasteiger partial charge in [-0.2, -0.15) is 9.40 Å². The maximum absolute atomic E-state index is 13.7. The molecule has 3 heterocycles. The van der Waals surface area contributed by atoms with Gasteiger partial charge in [0.15, 0.2) is 5.03 Å². The number of nitrogens with zero attached hydrogens (tertiary/aromatic N) is 4. The number of ether oxygens (including phenoxy) is 1. The highest BCUT2D eigenvalue weighted by Crippen LogP contribution is 2.36. The van der Waals surface area contributed by atoms with Crippen LogP contribution in [0.2, 0.25) is 0 Å². The molecule has 4 aromatic rings. The molecule has 0 spiro atoms. The third-order valence-corrected chi connectivity index (χ3v) is 8.47. The number of carboxylic acids is 1. The molecule has 0 amide bonds. The van der Waals surface area contributed by atoms with E-state index >= 15 is 0 Å². The highest BCUT2D eigenvalue weighted by molar-refractivity contribution is 7.89. The van der Waals surface area contributed by atoms with Crippen LogP contribution in [0, 0.1) is 5.92 Å². The number of pyridine rings is 1. The molecule has 9 nitrogen and oxygen atoms in total. The molecule has 2 aromatic carbocycles. The van der Waals surface area contributed by atoms with E-state index in [1.54, 1.807) is 6.07 Å². The Balaban J connectivity index is 1.51. The van der Waals surface area contributed by atoms with Gasteiger partial charge in [0.05, 0.1) is 36.0 Å². The van der Waals surface area contributed by atoms with Crippen molar-refractivity contribution in [1.29, 1.82) is 0 Å². The summed E-state index contributed by atoms with van der Waals surface area (Å²) in [7, 11) is -3.88. The van der Waals surface area contributed by atoms with Crippen molar-refractivity contribution in [3.63, 3.8) is 0 Å². The summed E-state index contributed by atoms with van der Waals surface area (Å²) in [4.78, 5) is 15.7. The van der Waals surface area contributed by atoms with Gasteiger partial charge in [-0.25, -0.2) is 13.4 Å². The summed E-state index contributed by atoms with van der Waals surface area (Å²) in [6.07, 6.45) is 1.82. The number of para-hydroxylation sites is 1. The van der Waals surface area contributed by atoms with Gasteiger partial charge in [0.1, 0.15) is 5.75 Å². The second kappa shape index (κ2) is 10.5. The lowest BCUT2D eigenvalue weighted by Gasteiger charge is -2.20. The molecule has 10 heteroatoms. The van der Waals surface area contributed by atoms with Crippen LogP contribution in [0.15, 0.2) is 78.0 Å². The molecule has 0 saturated carbocycles. The van der Waals surface area contributed by atoms with E-state index in [0.29, 0.717) is 17.9 Å². The van der Waals surface area contributed by atoms with Gasteiger partial charge < -0.3 is 9.84 Å². The molecular weight excluding hydrogens is 504 g/mol. The zero-order valence-corrected chi connectivity index (χ0v) is 22.1. The van der Waals surface area contributed by atoms with Gasteiger partial charge in [-0.3, -0.25) is 9.48 Å². The molecule has 0 bridgehead atoms. The Kier molecular flexibility index (Phi) is 7.18. The molecule has 2 atom stereocenters. The number of benzene rings is 2. The smallest absolute Gasteiger partial charge is 0.309 e. The summed E-state index contributed by atoms with van der Waals surface area (Å²) in [5, 5.41) is 14.9. The first-order valence-electron chi connectivity index (χ1n) is 12.6. The third kappa shape index (κ3) is 5.27. The standard InChI is InChI=1S/C28H30N4O5S/c1-19(2)37-22-12-13-27(29-16-22)38(35,36)31-17-21(14-20-8-4-3-5-9-20)26(18-31)32-25-11-7-6-10-23(25)24(30-32)15-28(33)34/h3-13,16,19,21,26H,14-15,17-18H2,1-2H3,(H,33,34)/t21-,26+/m1/s1. The minimum Gasteiger partial charge on any atom is -0.489 e. The Morgan fingerprint density at radius 3 is 2.47 bits per heavy atom. The van der Waals surface area contributed by atoms with Crippen LogP contribution in [0.5, 0.6) is 5.75 Å². The fourth-order valence-corrected chi connectivity index (χ4v) is 6.51. The fraction of sp³-hybridized carbons (Fsp3) is 0.321. The van der Waals surface area contributed by atoms with Crippen molar-refractivity contribution in [1.82, 2.24) is 19.1 Å². The van der Waals surface area contributed by atoms with Gasteiger partial charge >= 0.3 is 5.97 Å². The number of rotatable bonds is 9. The van der Waals surface area contributed by atoms with Crippen molar-refractivity contribution >= 4 is 26.9 Å². The Morgan fingerprint density at radius 1 is 1.05 bits per heavy atom. The Morgan fingerprint density at radius 2 is 1.79 bits per heavy atom. The van der Waals surface area contributed by atoms with E-state index in [4.69, 9.17) is 9.84 Å². The molecule has 1 aliphatic rings. The van der Waals surface area contributed by atoms with E-state index in [2.05, 4.69) is 4.98 Å². The lowest BCUT2D eigenvalue weighted by Crippen LogP contribution is -2.30. The summed E-state index contributed by atoms with van der Waals surface area (Å²) in [6.45, 7) is 4.27. The number of sulfonamides is 1. The van der Waals surface area contributed by atoms with Crippen molar-refractivity contribution in [2.45, 2.75) is 43.9 Å².